The second kappa shape index (κ2) is 7.34. The number of carbonyl (C=O) groups is 1. The summed E-state index contributed by atoms with van der Waals surface area (Å²) in [5.41, 5.74) is 3.70. The predicted octanol–water partition coefficient (Wildman–Crippen LogP) is 3.80. The first-order chi connectivity index (χ1) is 12.0. The molecule has 0 bridgehead atoms. The first-order valence-corrected chi connectivity index (χ1v) is 8.06. The summed E-state index contributed by atoms with van der Waals surface area (Å²) in [7, 11) is 0. The third-order valence-electron chi connectivity index (χ3n) is 4.06. The highest BCUT2D eigenvalue weighted by Crippen LogP contribution is 2.21. The summed E-state index contributed by atoms with van der Waals surface area (Å²) in [6.07, 6.45) is 0.692. The molecule has 0 saturated carbocycles. The van der Waals surface area contributed by atoms with Crippen LogP contribution in [0.1, 0.15) is 16.8 Å². The third kappa shape index (κ3) is 4.15. The molecule has 0 radical (unpaired) electrons. The maximum atomic E-state index is 13.1. The lowest BCUT2D eigenvalue weighted by atomic mass is 10.1. The summed E-state index contributed by atoms with van der Waals surface area (Å²) in [6, 6.07) is 10.8. The van der Waals surface area contributed by atoms with E-state index in [0.29, 0.717) is 18.5 Å². The smallest absolute Gasteiger partial charge is 0.315 e. The Morgan fingerprint density at radius 3 is 2.56 bits per heavy atom. The maximum Gasteiger partial charge on any atom is 0.315 e. The SMILES string of the molecule is Cc1[nH]c2ccccc2c1CCNC(=O)NCc1cc(F)cc(F)c1. The second-order valence-corrected chi connectivity index (χ2v) is 5.91. The minimum absolute atomic E-state index is 0.0621. The van der Waals surface area contributed by atoms with Gasteiger partial charge in [-0.15, -0.1) is 0 Å². The highest BCUT2D eigenvalue weighted by molar-refractivity contribution is 5.84. The van der Waals surface area contributed by atoms with Crippen molar-refractivity contribution < 1.29 is 13.6 Å². The van der Waals surface area contributed by atoms with Crippen LogP contribution in [0.2, 0.25) is 0 Å². The number of aromatic amines is 1. The van der Waals surface area contributed by atoms with Crippen LogP contribution in [0.3, 0.4) is 0 Å². The number of hydrogen-bond acceptors (Lipinski definition) is 1. The van der Waals surface area contributed by atoms with Crippen LogP contribution in [0, 0.1) is 18.6 Å². The first-order valence-electron chi connectivity index (χ1n) is 8.06. The predicted molar refractivity (Wildman–Crippen MR) is 93.3 cm³/mol. The van der Waals surface area contributed by atoms with E-state index in [1.807, 2.05) is 31.2 Å². The average molecular weight is 343 g/mol. The molecular formula is C19H19F2N3O. The molecule has 6 heteroatoms. The third-order valence-corrected chi connectivity index (χ3v) is 4.06. The summed E-state index contributed by atoms with van der Waals surface area (Å²) in [6.45, 7) is 2.53. The van der Waals surface area contributed by atoms with Gasteiger partial charge in [-0.1, -0.05) is 18.2 Å². The van der Waals surface area contributed by atoms with Crippen molar-refractivity contribution in [2.24, 2.45) is 0 Å². The number of amides is 2. The number of H-pyrrole nitrogens is 1. The zero-order valence-electron chi connectivity index (χ0n) is 13.8. The Morgan fingerprint density at radius 2 is 1.80 bits per heavy atom. The van der Waals surface area contributed by atoms with Crippen LogP contribution in [0.15, 0.2) is 42.5 Å². The number of urea groups is 1. The number of rotatable bonds is 5. The van der Waals surface area contributed by atoms with E-state index >= 15 is 0 Å². The van der Waals surface area contributed by atoms with Crippen LogP contribution in [-0.2, 0) is 13.0 Å². The van der Waals surface area contributed by atoms with Gasteiger partial charge in [0, 0.05) is 35.8 Å². The fourth-order valence-corrected chi connectivity index (χ4v) is 2.92. The largest absolute Gasteiger partial charge is 0.358 e. The van der Waals surface area contributed by atoms with E-state index in [4.69, 9.17) is 0 Å². The molecular weight excluding hydrogens is 324 g/mol. The molecule has 0 aliphatic heterocycles. The van der Waals surface area contributed by atoms with Crippen molar-refractivity contribution in [3.8, 4) is 0 Å². The van der Waals surface area contributed by atoms with Crippen molar-refractivity contribution in [3.05, 3.63) is 70.9 Å². The minimum Gasteiger partial charge on any atom is -0.358 e. The number of aryl methyl sites for hydroxylation is 1. The van der Waals surface area contributed by atoms with E-state index in [9.17, 15) is 13.6 Å². The van der Waals surface area contributed by atoms with Crippen molar-refractivity contribution in [2.75, 3.05) is 6.54 Å². The van der Waals surface area contributed by atoms with Gasteiger partial charge in [0.05, 0.1) is 0 Å². The average Bonchev–Trinajstić information content (AvgIpc) is 2.88. The van der Waals surface area contributed by atoms with Crippen molar-refractivity contribution in [3.63, 3.8) is 0 Å². The van der Waals surface area contributed by atoms with Crippen LogP contribution < -0.4 is 10.6 Å². The Labute approximate surface area is 144 Å². The van der Waals surface area contributed by atoms with Gasteiger partial charge < -0.3 is 15.6 Å². The summed E-state index contributed by atoms with van der Waals surface area (Å²) in [5.74, 6) is -1.32. The normalized spacial score (nSPS) is 10.8. The number of halogens is 2. The van der Waals surface area contributed by atoms with Gasteiger partial charge in [-0.05, 0) is 42.7 Å². The molecule has 1 heterocycles. The summed E-state index contributed by atoms with van der Waals surface area (Å²) < 4.78 is 26.2. The minimum atomic E-state index is -0.660. The van der Waals surface area contributed by atoms with Crippen LogP contribution in [0.4, 0.5) is 13.6 Å². The molecule has 3 rings (SSSR count). The number of carbonyl (C=O) groups excluding carboxylic acids is 1. The van der Waals surface area contributed by atoms with Gasteiger partial charge in [0.25, 0.3) is 0 Å². The number of fused-ring (bicyclic) bond motifs is 1. The molecule has 2 aromatic carbocycles. The first kappa shape index (κ1) is 17.0. The molecule has 0 saturated heterocycles. The second-order valence-electron chi connectivity index (χ2n) is 5.91. The molecule has 0 fully saturated rings. The molecule has 3 aromatic rings. The Hall–Kier alpha value is -2.89. The molecule has 3 N–H and O–H groups in total. The number of para-hydroxylation sites is 1. The maximum absolute atomic E-state index is 13.1. The molecule has 0 spiro atoms. The Balaban J connectivity index is 1.51. The standard InChI is InChI=1S/C19H19F2N3O/c1-12-16(17-4-2-3-5-18(17)24-12)6-7-22-19(25)23-11-13-8-14(20)10-15(21)9-13/h2-5,8-10,24H,6-7,11H2,1H3,(H2,22,23,25). The van der Waals surface area contributed by atoms with Crippen LogP contribution >= 0.6 is 0 Å². The highest BCUT2D eigenvalue weighted by atomic mass is 19.1. The zero-order valence-corrected chi connectivity index (χ0v) is 13.8. The lowest BCUT2D eigenvalue weighted by Crippen LogP contribution is -2.36. The molecule has 0 unspecified atom stereocenters. The number of hydrogen-bond donors (Lipinski definition) is 3. The van der Waals surface area contributed by atoms with Crippen LogP contribution in [-0.4, -0.2) is 17.6 Å². The molecule has 25 heavy (non-hydrogen) atoms. The monoisotopic (exact) mass is 343 g/mol. The lowest BCUT2D eigenvalue weighted by molar-refractivity contribution is 0.240. The van der Waals surface area contributed by atoms with E-state index < -0.39 is 11.6 Å². The van der Waals surface area contributed by atoms with Crippen molar-refractivity contribution >= 4 is 16.9 Å². The molecule has 130 valence electrons. The van der Waals surface area contributed by atoms with E-state index in [0.717, 1.165) is 22.7 Å². The summed E-state index contributed by atoms with van der Waals surface area (Å²) >= 11 is 0. The molecule has 0 aliphatic carbocycles. The van der Waals surface area contributed by atoms with Crippen LogP contribution in [0.25, 0.3) is 10.9 Å². The van der Waals surface area contributed by atoms with Gasteiger partial charge >= 0.3 is 6.03 Å². The van der Waals surface area contributed by atoms with Gasteiger partial charge in [-0.3, -0.25) is 0 Å². The number of benzene rings is 2. The fourth-order valence-electron chi connectivity index (χ4n) is 2.92. The van der Waals surface area contributed by atoms with Crippen molar-refractivity contribution in [1.82, 2.24) is 15.6 Å². The molecule has 2 amide bonds. The van der Waals surface area contributed by atoms with Gasteiger partial charge in [0.15, 0.2) is 0 Å². The molecule has 0 aliphatic rings. The van der Waals surface area contributed by atoms with Crippen LogP contribution in [0.5, 0.6) is 0 Å². The lowest BCUT2D eigenvalue weighted by Gasteiger charge is -2.08. The molecule has 1 aromatic heterocycles. The Bertz CT molecular complexity index is 885. The number of nitrogens with one attached hydrogen (secondary N) is 3. The van der Waals surface area contributed by atoms with Crippen molar-refractivity contribution in [1.29, 1.82) is 0 Å². The van der Waals surface area contributed by atoms with Gasteiger partial charge in [-0.25, -0.2) is 13.6 Å². The Morgan fingerprint density at radius 1 is 1.08 bits per heavy atom. The van der Waals surface area contributed by atoms with Gasteiger partial charge in [-0.2, -0.15) is 0 Å². The quantitative estimate of drug-likeness (QED) is 0.648. The summed E-state index contributed by atoms with van der Waals surface area (Å²) in [4.78, 5) is 15.2. The van der Waals surface area contributed by atoms with E-state index in [-0.39, 0.29) is 12.6 Å². The van der Waals surface area contributed by atoms with Gasteiger partial charge in [0.1, 0.15) is 11.6 Å². The van der Waals surface area contributed by atoms with E-state index in [1.54, 1.807) is 0 Å². The summed E-state index contributed by atoms with van der Waals surface area (Å²) in [5, 5.41) is 6.51. The number of aromatic nitrogens is 1. The zero-order chi connectivity index (χ0) is 17.8. The molecule has 4 nitrogen and oxygen atoms in total. The fraction of sp³-hybridized carbons (Fsp3) is 0.211. The van der Waals surface area contributed by atoms with Crippen molar-refractivity contribution in [2.45, 2.75) is 19.9 Å². The molecule has 0 atom stereocenters. The topological polar surface area (TPSA) is 56.9 Å². The van der Waals surface area contributed by atoms with E-state index in [1.165, 1.54) is 17.7 Å². The van der Waals surface area contributed by atoms with E-state index in [2.05, 4.69) is 15.6 Å². The Kier molecular flexibility index (Phi) is 4.97. The van der Waals surface area contributed by atoms with Gasteiger partial charge in [0.2, 0.25) is 0 Å². The highest BCUT2D eigenvalue weighted by Gasteiger charge is 2.08.